The Bertz CT molecular complexity index is 1520. The van der Waals surface area contributed by atoms with Gasteiger partial charge in [0.15, 0.2) is 11.5 Å². The van der Waals surface area contributed by atoms with Gasteiger partial charge in [-0.1, -0.05) is 66.2 Å². The standard InChI is InChI=1S/C33H34ClN5/c34-29-8-3-6-27(22-29)24-35-30-17-15-28(16-18-30)31-9-4-10-33-36-32(37-39(31)33)23-26-13-11-25(12-14-26)7-5-21-38-19-1-2-20-38/h3-4,6,8-18,22,35H,1-2,5,7,19-21,23-24H2. The van der Waals surface area contributed by atoms with E-state index in [1.54, 1.807) is 0 Å². The number of pyridine rings is 1. The van der Waals surface area contributed by atoms with Crippen molar-refractivity contribution in [2.24, 2.45) is 0 Å². The van der Waals surface area contributed by atoms with Gasteiger partial charge in [-0.3, -0.25) is 0 Å². The van der Waals surface area contributed by atoms with Crippen molar-refractivity contribution in [2.75, 3.05) is 25.0 Å². The quantitative estimate of drug-likeness (QED) is 0.204. The van der Waals surface area contributed by atoms with Crippen molar-refractivity contribution < 1.29 is 0 Å². The molecule has 6 rings (SSSR count). The van der Waals surface area contributed by atoms with Gasteiger partial charge < -0.3 is 10.2 Å². The van der Waals surface area contributed by atoms with Gasteiger partial charge in [-0.15, -0.1) is 0 Å². The molecule has 6 heteroatoms. The Hall–Kier alpha value is -3.67. The Morgan fingerprint density at radius 3 is 2.36 bits per heavy atom. The van der Waals surface area contributed by atoms with E-state index in [4.69, 9.17) is 21.7 Å². The first-order valence-electron chi connectivity index (χ1n) is 13.9. The van der Waals surface area contributed by atoms with Crippen LogP contribution in [0.1, 0.15) is 41.8 Å². The maximum atomic E-state index is 6.11. The minimum absolute atomic E-state index is 0.724. The number of aryl methyl sites for hydroxylation is 1. The number of hydrogen-bond donors (Lipinski definition) is 1. The van der Waals surface area contributed by atoms with Gasteiger partial charge in [-0.05, 0) is 98.4 Å². The van der Waals surface area contributed by atoms with Gasteiger partial charge in [0.25, 0.3) is 0 Å². The number of likely N-dealkylation sites (tertiary alicyclic amines) is 1. The Morgan fingerprint density at radius 1 is 0.795 bits per heavy atom. The molecule has 0 unspecified atom stereocenters. The monoisotopic (exact) mass is 535 g/mol. The highest BCUT2D eigenvalue weighted by atomic mass is 35.5. The zero-order valence-corrected chi connectivity index (χ0v) is 22.9. The highest BCUT2D eigenvalue weighted by Crippen LogP contribution is 2.23. The van der Waals surface area contributed by atoms with E-state index in [0.717, 1.165) is 58.4 Å². The number of aromatic nitrogens is 3. The second kappa shape index (κ2) is 12.0. The lowest BCUT2D eigenvalue weighted by Crippen LogP contribution is -2.20. The van der Waals surface area contributed by atoms with Crippen LogP contribution < -0.4 is 5.32 Å². The second-order valence-electron chi connectivity index (χ2n) is 10.4. The van der Waals surface area contributed by atoms with Crippen LogP contribution in [0.5, 0.6) is 0 Å². The van der Waals surface area contributed by atoms with E-state index in [9.17, 15) is 0 Å². The summed E-state index contributed by atoms with van der Waals surface area (Å²) >= 11 is 6.11. The summed E-state index contributed by atoms with van der Waals surface area (Å²) in [5.41, 5.74) is 7.86. The summed E-state index contributed by atoms with van der Waals surface area (Å²) in [5.74, 6) is 0.837. The second-order valence-corrected chi connectivity index (χ2v) is 10.9. The Kier molecular flexibility index (Phi) is 7.89. The number of halogens is 1. The summed E-state index contributed by atoms with van der Waals surface area (Å²) in [6, 6.07) is 31.5. The van der Waals surface area contributed by atoms with E-state index < -0.39 is 0 Å². The Morgan fingerprint density at radius 2 is 1.56 bits per heavy atom. The third-order valence-electron chi connectivity index (χ3n) is 7.49. The van der Waals surface area contributed by atoms with Crippen molar-refractivity contribution in [1.29, 1.82) is 0 Å². The molecule has 5 aromatic rings. The molecule has 5 nitrogen and oxygen atoms in total. The SMILES string of the molecule is Clc1cccc(CNc2ccc(-c3cccc4nc(Cc5ccc(CCCN6CCCC6)cc5)nn34)cc2)c1. The molecule has 1 aliphatic rings. The largest absolute Gasteiger partial charge is 0.381 e. The van der Waals surface area contributed by atoms with Crippen LogP contribution in [-0.4, -0.2) is 39.1 Å². The van der Waals surface area contributed by atoms with Crippen molar-refractivity contribution in [1.82, 2.24) is 19.5 Å². The van der Waals surface area contributed by atoms with Crippen LogP contribution in [0.4, 0.5) is 5.69 Å². The fraction of sp³-hybridized carbons (Fsp3) is 0.273. The average Bonchev–Trinajstić information content (AvgIpc) is 3.63. The van der Waals surface area contributed by atoms with Crippen LogP contribution in [0.25, 0.3) is 16.9 Å². The summed E-state index contributed by atoms with van der Waals surface area (Å²) < 4.78 is 1.95. The van der Waals surface area contributed by atoms with Crippen LogP contribution >= 0.6 is 11.6 Å². The van der Waals surface area contributed by atoms with Crippen LogP contribution in [0, 0.1) is 0 Å². The van der Waals surface area contributed by atoms with Gasteiger partial charge in [-0.25, -0.2) is 9.50 Å². The lowest BCUT2D eigenvalue weighted by atomic mass is 10.1. The van der Waals surface area contributed by atoms with Crippen molar-refractivity contribution in [3.8, 4) is 11.3 Å². The highest BCUT2D eigenvalue weighted by Gasteiger charge is 2.12. The van der Waals surface area contributed by atoms with Crippen LogP contribution in [-0.2, 0) is 19.4 Å². The van der Waals surface area contributed by atoms with Gasteiger partial charge >= 0.3 is 0 Å². The fourth-order valence-electron chi connectivity index (χ4n) is 5.37. The third kappa shape index (κ3) is 6.49. The van der Waals surface area contributed by atoms with Crippen molar-refractivity contribution in [3.63, 3.8) is 0 Å². The zero-order chi connectivity index (χ0) is 26.4. The first-order valence-corrected chi connectivity index (χ1v) is 14.3. The molecule has 1 aliphatic heterocycles. The molecule has 0 amide bonds. The van der Waals surface area contributed by atoms with Gasteiger partial charge in [-0.2, -0.15) is 5.10 Å². The molecule has 0 saturated carbocycles. The number of nitrogens with one attached hydrogen (secondary N) is 1. The number of nitrogens with zero attached hydrogens (tertiary/aromatic N) is 4. The first-order chi connectivity index (χ1) is 19.2. The van der Waals surface area contributed by atoms with Crippen molar-refractivity contribution in [3.05, 3.63) is 119 Å². The molecule has 0 bridgehead atoms. The molecule has 0 spiro atoms. The topological polar surface area (TPSA) is 45.5 Å². The normalized spacial score (nSPS) is 13.8. The maximum absolute atomic E-state index is 6.11. The van der Waals surface area contributed by atoms with E-state index >= 15 is 0 Å². The number of hydrogen-bond acceptors (Lipinski definition) is 4. The van der Waals surface area contributed by atoms with E-state index in [2.05, 4.69) is 70.9 Å². The third-order valence-corrected chi connectivity index (χ3v) is 7.73. The number of rotatable bonds is 10. The predicted molar refractivity (Wildman–Crippen MR) is 160 cm³/mol. The molecular weight excluding hydrogens is 502 g/mol. The molecule has 1 saturated heterocycles. The van der Waals surface area contributed by atoms with E-state index in [0.29, 0.717) is 0 Å². The predicted octanol–water partition coefficient (Wildman–Crippen LogP) is 7.28. The molecule has 0 radical (unpaired) electrons. The Balaban J connectivity index is 1.10. The summed E-state index contributed by atoms with van der Waals surface area (Å²) in [5, 5.41) is 9.10. The number of anilines is 1. The summed E-state index contributed by atoms with van der Waals surface area (Å²) in [4.78, 5) is 7.41. The van der Waals surface area contributed by atoms with Crippen molar-refractivity contribution in [2.45, 2.75) is 38.6 Å². The molecule has 2 aromatic heterocycles. The fourth-order valence-corrected chi connectivity index (χ4v) is 5.59. The lowest BCUT2D eigenvalue weighted by Gasteiger charge is -2.13. The molecule has 1 fully saturated rings. The molecule has 0 aliphatic carbocycles. The zero-order valence-electron chi connectivity index (χ0n) is 22.2. The van der Waals surface area contributed by atoms with Gasteiger partial charge in [0.2, 0.25) is 0 Å². The van der Waals surface area contributed by atoms with Gasteiger partial charge in [0.05, 0.1) is 5.69 Å². The molecule has 3 aromatic carbocycles. The lowest BCUT2D eigenvalue weighted by molar-refractivity contribution is 0.334. The van der Waals surface area contributed by atoms with Crippen molar-refractivity contribution >= 4 is 22.9 Å². The number of fused-ring (bicyclic) bond motifs is 1. The van der Waals surface area contributed by atoms with Crippen LogP contribution in [0.2, 0.25) is 5.02 Å². The minimum atomic E-state index is 0.724. The maximum Gasteiger partial charge on any atom is 0.156 e. The average molecular weight is 536 g/mol. The molecule has 198 valence electrons. The summed E-state index contributed by atoms with van der Waals surface area (Å²) in [7, 11) is 0. The molecular formula is C33H34ClN5. The minimum Gasteiger partial charge on any atom is -0.381 e. The van der Waals surface area contributed by atoms with Crippen LogP contribution in [0.3, 0.4) is 0 Å². The van der Waals surface area contributed by atoms with Gasteiger partial charge in [0.1, 0.15) is 0 Å². The van der Waals surface area contributed by atoms with Gasteiger partial charge in [0, 0.05) is 29.2 Å². The number of benzene rings is 3. The molecule has 39 heavy (non-hydrogen) atoms. The summed E-state index contributed by atoms with van der Waals surface area (Å²) in [6.45, 7) is 4.50. The van der Waals surface area contributed by atoms with E-state index in [1.807, 2.05) is 34.8 Å². The first kappa shape index (κ1) is 25.6. The van der Waals surface area contributed by atoms with E-state index in [1.165, 1.54) is 50.0 Å². The smallest absolute Gasteiger partial charge is 0.156 e. The van der Waals surface area contributed by atoms with E-state index in [-0.39, 0.29) is 0 Å². The Labute approximate surface area is 235 Å². The van der Waals surface area contributed by atoms with Crippen LogP contribution in [0.15, 0.2) is 91.0 Å². The highest BCUT2D eigenvalue weighted by molar-refractivity contribution is 6.30. The molecule has 3 heterocycles. The summed E-state index contributed by atoms with van der Waals surface area (Å²) in [6.07, 6.45) is 5.82. The molecule has 0 atom stereocenters. The molecule has 1 N–H and O–H groups in total.